The van der Waals surface area contributed by atoms with E-state index < -0.39 is 0 Å². The summed E-state index contributed by atoms with van der Waals surface area (Å²) < 4.78 is 2.10. The molecule has 3 aromatic rings. The number of nitrogens with one attached hydrogen (secondary N) is 2. The molecule has 0 aliphatic heterocycles. The van der Waals surface area contributed by atoms with Gasteiger partial charge in [-0.25, -0.2) is 9.98 Å². The summed E-state index contributed by atoms with van der Waals surface area (Å²) in [6.07, 6.45) is 0. The van der Waals surface area contributed by atoms with E-state index in [1.165, 1.54) is 4.90 Å². The average molecular weight is 495 g/mol. The molecule has 0 bridgehead atoms. The van der Waals surface area contributed by atoms with Gasteiger partial charge in [0.05, 0.1) is 11.0 Å². The summed E-state index contributed by atoms with van der Waals surface area (Å²) in [5, 5.41) is 6.69. The summed E-state index contributed by atoms with van der Waals surface area (Å²) in [5.74, 6) is 2.77. The van der Waals surface area contributed by atoms with Crippen LogP contribution in [-0.2, 0) is 13.6 Å². The van der Waals surface area contributed by atoms with Crippen LogP contribution in [0.15, 0.2) is 64.5 Å². The van der Waals surface area contributed by atoms with E-state index in [9.17, 15) is 0 Å². The van der Waals surface area contributed by atoms with Crippen LogP contribution in [0.4, 0.5) is 0 Å². The molecule has 0 fully saturated rings. The maximum Gasteiger partial charge on any atom is 0.191 e. The summed E-state index contributed by atoms with van der Waals surface area (Å²) >= 11 is 1.84. The third-order valence-corrected chi connectivity index (χ3v) is 5.02. The standard InChI is InChI=1S/C20H25N5S.HI/c1-3-21-20(22-13-14-26-16-9-5-4-6-10-16)23-15-19-24-17-11-7-8-12-18(17)25(19)2;/h4-12H,3,13-15H2,1-2H3,(H2,21,22,23);1H. The van der Waals surface area contributed by atoms with Crippen LogP contribution in [0.3, 0.4) is 0 Å². The van der Waals surface area contributed by atoms with E-state index >= 15 is 0 Å². The van der Waals surface area contributed by atoms with Gasteiger partial charge in [0.15, 0.2) is 5.96 Å². The predicted octanol–water partition coefficient (Wildman–Crippen LogP) is 4.04. The van der Waals surface area contributed by atoms with Crippen molar-refractivity contribution in [3.63, 3.8) is 0 Å². The minimum atomic E-state index is 0. The van der Waals surface area contributed by atoms with Gasteiger partial charge in [-0.1, -0.05) is 30.3 Å². The van der Waals surface area contributed by atoms with Crippen LogP contribution in [0.5, 0.6) is 0 Å². The number of hydrogen-bond acceptors (Lipinski definition) is 3. The fourth-order valence-corrected chi connectivity index (χ4v) is 3.47. The zero-order valence-corrected chi connectivity index (χ0v) is 18.8. The van der Waals surface area contributed by atoms with Crippen LogP contribution >= 0.6 is 35.7 Å². The third-order valence-electron chi connectivity index (χ3n) is 4.01. The zero-order chi connectivity index (χ0) is 18.2. The van der Waals surface area contributed by atoms with E-state index in [4.69, 9.17) is 0 Å². The van der Waals surface area contributed by atoms with Crippen molar-refractivity contribution in [2.75, 3.05) is 18.8 Å². The van der Waals surface area contributed by atoms with Gasteiger partial charge in [0.2, 0.25) is 0 Å². The van der Waals surface area contributed by atoms with E-state index in [0.29, 0.717) is 6.54 Å². The van der Waals surface area contributed by atoms with Crippen molar-refractivity contribution in [3.8, 4) is 0 Å². The summed E-state index contributed by atoms with van der Waals surface area (Å²) in [6, 6.07) is 18.6. The Kier molecular flexibility index (Phi) is 8.93. The Bertz CT molecular complexity index is 863. The first-order chi connectivity index (χ1) is 12.8. The minimum Gasteiger partial charge on any atom is -0.357 e. The predicted molar refractivity (Wildman–Crippen MR) is 126 cm³/mol. The van der Waals surface area contributed by atoms with Crippen molar-refractivity contribution >= 4 is 52.7 Å². The van der Waals surface area contributed by atoms with Crippen molar-refractivity contribution < 1.29 is 0 Å². The highest BCUT2D eigenvalue weighted by Crippen LogP contribution is 2.16. The van der Waals surface area contributed by atoms with E-state index in [1.54, 1.807) is 0 Å². The Morgan fingerprint density at radius 1 is 1.07 bits per heavy atom. The molecule has 2 N–H and O–H groups in total. The monoisotopic (exact) mass is 495 g/mol. The number of guanidine groups is 1. The van der Waals surface area contributed by atoms with E-state index in [-0.39, 0.29) is 24.0 Å². The summed E-state index contributed by atoms with van der Waals surface area (Å²) in [6.45, 7) is 4.31. The molecule has 0 aliphatic carbocycles. The highest BCUT2D eigenvalue weighted by Gasteiger charge is 2.06. The molecule has 1 aromatic heterocycles. The Labute approximate surface area is 182 Å². The van der Waals surface area contributed by atoms with Gasteiger partial charge in [-0.05, 0) is 31.2 Å². The van der Waals surface area contributed by atoms with E-state index in [2.05, 4.69) is 62.4 Å². The highest BCUT2D eigenvalue weighted by molar-refractivity contribution is 14.0. The van der Waals surface area contributed by atoms with Gasteiger partial charge < -0.3 is 15.2 Å². The maximum absolute atomic E-state index is 4.69. The molecule has 27 heavy (non-hydrogen) atoms. The molecule has 0 saturated carbocycles. The second kappa shape index (κ2) is 11.2. The molecule has 0 atom stereocenters. The van der Waals surface area contributed by atoms with Gasteiger partial charge in [-0.2, -0.15) is 0 Å². The third kappa shape index (κ3) is 6.14. The van der Waals surface area contributed by atoms with Gasteiger partial charge >= 0.3 is 0 Å². The molecule has 0 aliphatic rings. The number of nitrogens with zero attached hydrogens (tertiary/aromatic N) is 3. The first-order valence-corrected chi connectivity index (χ1v) is 9.87. The number of aliphatic imine (C=N–C) groups is 1. The lowest BCUT2D eigenvalue weighted by Crippen LogP contribution is -2.38. The number of hydrogen-bond donors (Lipinski definition) is 2. The molecule has 0 amide bonds. The first-order valence-electron chi connectivity index (χ1n) is 8.88. The molecule has 144 valence electrons. The van der Waals surface area contributed by atoms with Gasteiger partial charge in [0.1, 0.15) is 12.4 Å². The molecule has 7 heteroatoms. The molecule has 0 saturated heterocycles. The normalized spacial score (nSPS) is 11.3. The lowest BCUT2D eigenvalue weighted by molar-refractivity contribution is 0.788. The quantitative estimate of drug-likeness (QED) is 0.171. The molecule has 3 rings (SSSR count). The second-order valence-corrected chi connectivity index (χ2v) is 7.03. The second-order valence-electron chi connectivity index (χ2n) is 5.86. The van der Waals surface area contributed by atoms with Crippen molar-refractivity contribution in [1.82, 2.24) is 20.2 Å². The van der Waals surface area contributed by atoms with E-state index in [1.807, 2.05) is 43.1 Å². The fraction of sp³-hybridized carbons (Fsp3) is 0.300. The zero-order valence-electron chi connectivity index (χ0n) is 15.7. The number of halogens is 1. The Morgan fingerprint density at radius 3 is 2.56 bits per heavy atom. The molecule has 5 nitrogen and oxygen atoms in total. The fourth-order valence-electron chi connectivity index (χ4n) is 2.68. The minimum absolute atomic E-state index is 0. The van der Waals surface area contributed by atoms with Crippen LogP contribution < -0.4 is 10.6 Å². The number of rotatable bonds is 7. The summed E-state index contributed by atoms with van der Waals surface area (Å²) in [7, 11) is 2.04. The lowest BCUT2D eigenvalue weighted by atomic mass is 10.3. The van der Waals surface area contributed by atoms with Crippen molar-refractivity contribution in [1.29, 1.82) is 0 Å². The highest BCUT2D eigenvalue weighted by atomic mass is 127. The van der Waals surface area contributed by atoms with Crippen LogP contribution in [0.2, 0.25) is 0 Å². The van der Waals surface area contributed by atoms with Crippen molar-refractivity contribution in [2.24, 2.45) is 12.0 Å². The van der Waals surface area contributed by atoms with Crippen molar-refractivity contribution in [3.05, 3.63) is 60.4 Å². The Morgan fingerprint density at radius 2 is 1.81 bits per heavy atom. The Balaban J connectivity index is 0.00000261. The van der Waals surface area contributed by atoms with E-state index in [0.717, 1.165) is 41.7 Å². The van der Waals surface area contributed by atoms with Gasteiger partial charge in [0, 0.05) is 30.8 Å². The number of aryl methyl sites for hydroxylation is 1. The lowest BCUT2D eigenvalue weighted by Gasteiger charge is -2.11. The SMILES string of the molecule is CCNC(=NCc1nc2ccccc2n1C)NCCSc1ccccc1.I. The number of benzene rings is 2. The number of aromatic nitrogens is 2. The molecule has 0 radical (unpaired) electrons. The molecule has 0 unspecified atom stereocenters. The van der Waals surface area contributed by atoms with Gasteiger partial charge in [-0.3, -0.25) is 0 Å². The molecule has 1 heterocycles. The summed E-state index contributed by atoms with van der Waals surface area (Å²) in [4.78, 5) is 10.7. The maximum atomic E-state index is 4.69. The van der Waals surface area contributed by atoms with Crippen LogP contribution in [-0.4, -0.2) is 34.4 Å². The summed E-state index contributed by atoms with van der Waals surface area (Å²) in [5.41, 5.74) is 2.15. The molecule has 0 spiro atoms. The molecular formula is C20H26IN5S. The number of imidazole rings is 1. The molecular weight excluding hydrogens is 469 g/mol. The first kappa shape index (κ1) is 21.6. The van der Waals surface area contributed by atoms with Gasteiger partial charge in [-0.15, -0.1) is 35.7 Å². The Hall–Kier alpha value is -1.74. The molecule has 2 aromatic carbocycles. The van der Waals surface area contributed by atoms with Crippen LogP contribution in [0.1, 0.15) is 12.7 Å². The smallest absolute Gasteiger partial charge is 0.191 e. The largest absolute Gasteiger partial charge is 0.357 e. The van der Waals surface area contributed by atoms with Crippen LogP contribution in [0.25, 0.3) is 11.0 Å². The number of para-hydroxylation sites is 2. The topological polar surface area (TPSA) is 54.2 Å². The van der Waals surface area contributed by atoms with Crippen LogP contribution in [0, 0.1) is 0 Å². The van der Waals surface area contributed by atoms with Crippen molar-refractivity contribution in [2.45, 2.75) is 18.4 Å². The number of thioether (sulfide) groups is 1. The average Bonchev–Trinajstić information content (AvgIpc) is 3.00. The number of fused-ring (bicyclic) bond motifs is 1. The van der Waals surface area contributed by atoms with Gasteiger partial charge in [0.25, 0.3) is 0 Å².